The Morgan fingerprint density at radius 1 is 0.857 bits per heavy atom. The SMILES string of the molecule is COC(=O)C1C(=O)C(C(=O)OC)C(c2ccc(C)cc2)N(CC2CCCO2)C1c1ccc(C)cc1. The summed E-state index contributed by atoms with van der Waals surface area (Å²) in [7, 11) is 2.54. The van der Waals surface area contributed by atoms with Gasteiger partial charge >= 0.3 is 11.9 Å². The lowest BCUT2D eigenvalue weighted by Crippen LogP contribution is -2.57. The molecule has 0 bridgehead atoms. The van der Waals surface area contributed by atoms with Crippen molar-refractivity contribution in [3.63, 3.8) is 0 Å². The molecule has 5 atom stereocenters. The molecule has 2 fully saturated rings. The van der Waals surface area contributed by atoms with Crippen LogP contribution in [0.1, 0.15) is 47.2 Å². The quantitative estimate of drug-likeness (QED) is 0.461. The van der Waals surface area contributed by atoms with E-state index in [2.05, 4.69) is 4.90 Å². The van der Waals surface area contributed by atoms with Gasteiger partial charge in [0, 0.05) is 13.2 Å². The Morgan fingerprint density at radius 3 is 1.69 bits per heavy atom. The Labute approximate surface area is 206 Å². The van der Waals surface area contributed by atoms with Crippen LogP contribution in [0.4, 0.5) is 0 Å². The van der Waals surface area contributed by atoms with Gasteiger partial charge in [0.2, 0.25) is 0 Å². The maximum Gasteiger partial charge on any atom is 0.318 e. The molecule has 186 valence electrons. The molecule has 0 saturated carbocycles. The number of likely N-dealkylation sites (tertiary alicyclic amines) is 1. The molecule has 0 spiro atoms. The zero-order valence-corrected chi connectivity index (χ0v) is 20.7. The first-order valence-corrected chi connectivity index (χ1v) is 12.1. The molecular weight excluding hydrogens is 446 g/mol. The smallest absolute Gasteiger partial charge is 0.318 e. The normalized spacial score (nSPS) is 27.0. The van der Waals surface area contributed by atoms with Crippen molar-refractivity contribution in [2.75, 3.05) is 27.4 Å². The number of methoxy groups -OCH3 is 2. The summed E-state index contributed by atoms with van der Waals surface area (Å²) in [6.45, 7) is 5.11. The van der Waals surface area contributed by atoms with Crippen molar-refractivity contribution in [2.45, 2.75) is 44.9 Å². The van der Waals surface area contributed by atoms with Crippen molar-refractivity contribution in [1.29, 1.82) is 0 Å². The molecule has 0 N–H and O–H groups in total. The van der Waals surface area contributed by atoms with Crippen LogP contribution < -0.4 is 0 Å². The molecule has 2 aliphatic rings. The Hall–Kier alpha value is -3.03. The summed E-state index contributed by atoms with van der Waals surface area (Å²) in [6, 6.07) is 14.4. The molecule has 35 heavy (non-hydrogen) atoms. The fourth-order valence-electron chi connectivity index (χ4n) is 5.35. The zero-order valence-electron chi connectivity index (χ0n) is 20.7. The number of benzene rings is 2. The van der Waals surface area contributed by atoms with E-state index in [0.29, 0.717) is 13.2 Å². The number of ether oxygens (including phenoxy) is 3. The highest BCUT2D eigenvalue weighted by Crippen LogP contribution is 2.47. The highest BCUT2D eigenvalue weighted by molar-refractivity contribution is 6.10. The van der Waals surface area contributed by atoms with Crippen LogP contribution in [-0.4, -0.2) is 56.1 Å². The first-order chi connectivity index (χ1) is 16.8. The molecule has 0 aliphatic carbocycles. The monoisotopic (exact) mass is 479 g/mol. The number of esters is 2. The van der Waals surface area contributed by atoms with E-state index in [1.165, 1.54) is 14.2 Å². The van der Waals surface area contributed by atoms with Crippen LogP contribution >= 0.6 is 0 Å². The van der Waals surface area contributed by atoms with Crippen LogP contribution in [0, 0.1) is 25.7 Å². The second-order valence-electron chi connectivity index (χ2n) is 9.45. The lowest BCUT2D eigenvalue weighted by atomic mass is 9.72. The van der Waals surface area contributed by atoms with Gasteiger partial charge in [-0.3, -0.25) is 19.3 Å². The van der Waals surface area contributed by atoms with Crippen LogP contribution in [0.25, 0.3) is 0 Å². The van der Waals surface area contributed by atoms with Gasteiger partial charge in [-0.1, -0.05) is 59.7 Å². The second-order valence-corrected chi connectivity index (χ2v) is 9.45. The summed E-state index contributed by atoms with van der Waals surface area (Å²) in [5, 5.41) is 0. The van der Waals surface area contributed by atoms with Gasteiger partial charge in [0.15, 0.2) is 5.78 Å². The highest BCUT2D eigenvalue weighted by Gasteiger charge is 2.56. The number of aryl methyl sites for hydroxylation is 2. The third-order valence-electron chi connectivity index (χ3n) is 7.15. The summed E-state index contributed by atoms with van der Waals surface area (Å²) >= 11 is 0. The maximum absolute atomic E-state index is 14.0. The lowest BCUT2D eigenvalue weighted by Gasteiger charge is -2.48. The van der Waals surface area contributed by atoms with Crippen LogP contribution in [-0.2, 0) is 28.6 Å². The molecule has 0 radical (unpaired) electrons. The minimum atomic E-state index is -1.17. The van der Waals surface area contributed by atoms with Crippen LogP contribution in [0.5, 0.6) is 0 Å². The molecule has 0 aromatic heterocycles. The summed E-state index contributed by atoms with van der Waals surface area (Å²) in [5.41, 5.74) is 3.77. The van der Waals surface area contributed by atoms with Gasteiger partial charge in [-0.05, 0) is 37.8 Å². The third kappa shape index (κ3) is 5.02. The van der Waals surface area contributed by atoms with E-state index in [9.17, 15) is 14.4 Å². The third-order valence-corrected chi connectivity index (χ3v) is 7.15. The lowest BCUT2D eigenvalue weighted by molar-refractivity contribution is -0.169. The van der Waals surface area contributed by atoms with Crippen molar-refractivity contribution in [3.05, 3.63) is 70.8 Å². The number of carbonyl (C=O) groups excluding carboxylic acids is 3. The molecular formula is C28H33NO6. The van der Waals surface area contributed by atoms with Crippen LogP contribution in [0.2, 0.25) is 0 Å². The minimum Gasteiger partial charge on any atom is -0.468 e. The number of ketones is 1. The first kappa shape index (κ1) is 25.1. The average Bonchev–Trinajstić information content (AvgIpc) is 3.38. The van der Waals surface area contributed by atoms with E-state index in [1.807, 2.05) is 62.4 Å². The van der Waals surface area contributed by atoms with Gasteiger partial charge < -0.3 is 14.2 Å². The molecule has 5 unspecified atom stereocenters. The number of hydrogen-bond acceptors (Lipinski definition) is 7. The fourth-order valence-corrected chi connectivity index (χ4v) is 5.35. The predicted octanol–water partition coefficient (Wildman–Crippen LogP) is 3.73. The van der Waals surface area contributed by atoms with E-state index in [0.717, 1.165) is 35.1 Å². The van der Waals surface area contributed by atoms with Crippen LogP contribution in [0.3, 0.4) is 0 Å². The average molecular weight is 480 g/mol. The number of hydrogen-bond donors (Lipinski definition) is 0. The van der Waals surface area contributed by atoms with Gasteiger partial charge in [-0.25, -0.2) is 0 Å². The van der Waals surface area contributed by atoms with Crippen molar-refractivity contribution >= 4 is 17.7 Å². The summed E-state index contributed by atoms with van der Waals surface area (Å²) < 4.78 is 16.2. The molecule has 4 rings (SSSR count). The second kappa shape index (κ2) is 10.7. The van der Waals surface area contributed by atoms with E-state index in [4.69, 9.17) is 14.2 Å². The van der Waals surface area contributed by atoms with E-state index < -0.39 is 41.6 Å². The predicted molar refractivity (Wildman–Crippen MR) is 130 cm³/mol. The number of rotatable bonds is 6. The Morgan fingerprint density at radius 2 is 1.31 bits per heavy atom. The standard InChI is InChI=1S/C28H33NO6/c1-17-7-11-19(12-8-17)24-22(27(31)33-3)26(30)23(28(32)34-4)25(20-13-9-18(2)10-14-20)29(24)16-21-6-5-15-35-21/h7-14,21-25H,5-6,15-16H2,1-4H3. The van der Waals surface area contributed by atoms with E-state index in [1.54, 1.807) is 0 Å². The summed E-state index contributed by atoms with van der Waals surface area (Å²) in [5.74, 6) is -4.14. The Balaban J connectivity index is 1.92. The molecule has 7 heteroatoms. The Bertz CT molecular complexity index is 982. The van der Waals surface area contributed by atoms with Crippen molar-refractivity contribution in [2.24, 2.45) is 11.8 Å². The van der Waals surface area contributed by atoms with Crippen LogP contribution in [0.15, 0.2) is 48.5 Å². The number of piperidine rings is 1. The largest absolute Gasteiger partial charge is 0.468 e. The minimum absolute atomic E-state index is 0.0688. The topological polar surface area (TPSA) is 82.1 Å². The van der Waals surface area contributed by atoms with Crippen molar-refractivity contribution in [1.82, 2.24) is 4.90 Å². The first-order valence-electron chi connectivity index (χ1n) is 12.1. The van der Waals surface area contributed by atoms with Gasteiger partial charge in [0.1, 0.15) is 11.8 Å². The summed E-state index contributed by atoms with van der Waals surface area (Å²) in [4.78, 5) is 42.2. The number of nitrogens with zero attached hydrogens (tertiary/aromatic N) is 1. The molecule has 0 amide bonds. The van der Waals surface area contributed by atoms with E-state index >= 15 is 0 Å². The maximum atomic E-state index is 14.0. The fraction of sp³-hybridized carbons (Fsp3) is 0.464. The van der Waals surface area contributed by atoms with Gasteiger partial charge in [0.05, 0.1) is 32.4 Å². The Kier molecular flexibility index (Phi) is 7.67. The molecule has 2 aromatic carbocycles. The molecule has 2 aromatic rings. The summed E-state index contributed by atoms with van der Waals surface area (Å²) in [6.07, 6.45) is 1.75. The van der Waals surface area contributed by atoms with Crippen molar-refractivity contribution in [3.8, 4) is 0 Å². The molecule has 7 nitrogen and oxygen atoms in total. The number of Topliss-reactive ketones (excluding diaryl/α,β-unsaturated/α-hetero) is 1. The van der Waals surface area contributed by atoms with Crippen molar-refractivity contribution < 1.29 is 28.6 Å². The molecule has 2 heterocycles. The van der Waals surface area contributed by atoms with Gasteiger partial charge in [-0.2, -0.15) is 0 Å². The van der Waals surface area contributed by atoms with E-state index in [-0.39, 0.29) is 6.10 Å². The van der Waals surface area contributed by atoms with Gasteiger partial charge in [0.25, 0.3) is 0 Å². The molecule has 2 saturated heterocycles. The number of carbonyl (C=O) groups is 3. The van der Waals surface area contributed by atoms with Gasteiger partial charge in [-0.15, -0.1) is 0 Å². The zero-order chi connectivity index (χ0) is 25.1. The highest BCUT2D eigenvalue weighted by atomic mass is 16.5. The molecule has 2 aliphatic heterocycles.